The summed E-state index contributed by atoms with van der Waals surface area (Å²) in [5, 5.41) is 0. The van der Waals surface area contributed by atoms with E-state index in [-0.39, 0.29) is 5.91 Å². The fraction of sp³-hybridized carbons (Fsp3) is 0.923. The molecule has 3 nitrogen and oxygen atoms in total. The SMILES string of the molecule is CCC1CCCCCN1C(=O)C(C)(N)CC. The van der Waals surface area contributed by atoms with E-state index in [1.165, 1.54) is 12.8 Å². The van der Waals surface area contributed by atoms with E-state index in [9.17, 15) is 4.79 Å². The van der Waals surface area contributed by atoms with Crippen LogP contribution in [0, 0.1) is 0 Å². The predicted molar refractivity (Wildman–Crippen MR) is 67.1 cm³/mol. The van der Waals surface area contributed by atoms with Crippen molar-refractivity contribution in [2.75, 3.05) is 6.54 Å². The van der Waals surface area contributed by atoms with E-state index in [0.717, 1.165) is 25.8 Å². The molecule has 1 heterocycles. The van der Waals surface area contributed by atoms with Gasteiger partial charge in [0.15, 0.2) is 0 Å². The lowest BCUT2D eigenvalue weighted by molar-refractivity contribution is -0.139. The molecular formula is C13H26N2O. The topological polar surface area (TPSA) is 46.3 Å². The number of rotatable bonds is 3. The number of hydrogen-bond acceptors (Lipinski definition) is 2. The maximum Gasteiger partial charge on any atom is 0.242 e. The molecule has 0 aromatic heterocycles. The summed E-state index contributed by atoms with van der Waals surface area (Å²) in [6, 6.07) is 0.407. The molecule has 1 amide bonds. The predicted octanol–water partition coefficient (Wildman–Crippen LogP) is 2.29. The van der Waals surface area contributed by atoms with Crippen LogP contribution in [0.2, 0.25) is 0 Å². The molecule has 94 valence electrons. The van der Waals surface area contributed by atoms with Gasteiger partial charge in [0, 0.05) is 12.6 Å². The van der Waals surface area contributed by atoms with Gasteiger partial charge >= 0.3 is 0 Å². The van der Waals surface area contributed by atoms with E-state index in [2.05, 4.69) is 6.92 Å². The molecule has 2 unspecified atom stereocenters. The second kappa shape index (κ2) is 5.67. The van der Waals surface area contributed by atoms with Crippen molar-refractivity contribution in [1.29, 1.82) is 0 Å². The zero-order valence-corrected chi connectivity index (χ0v) is 11.0. The smallest absolute Gasteiger partial charge is 0.242 e. The van der Waals surface area contributed by atoms with Crippen LogP contribution in [0.25, 0.3) is 0 Å². The van der Waals surface area contributed by atoms with E-state index >= 15 is 0 Å². The second-order valence-corrected chi connectivity index (χ2v) is 5.18. The lowest BCUT2D eigenvalue weighted by Gasteiger charge is -2.35. The number of carbonyl (C=O) groups is 1. The zero-order valence-electron chi connectivity index (χ0n) is 11.0. The third-order valence-electron chi connectivity index (χ3n) is 3.83. The summed E-state index contributed by atoms with van der Waals surface area (Å²) in [5.41, 5.74) is 5.38. The summed E-state index contributed by atoms with van der Waals surface area (Å²) in [6.07, 6.45) is 6.51. The Bertz CT molecular complexity index is 238. The van der Waals surface area contributed by atoms with E-state index < -0.39 is 5.54 Å². The van der Waals surface area contributed by atoms with Gasteiger partial charge in [-0.1, -0.05) is 26.7 Å². The highest BCUT2D eigenvalue weighted by atomic mass is 16.2. The highest BCUT2D eigenvalue weighted by Crippen LogP contribution is 2.22. The lowest BCUT2D eigenvalue weighted by Crippen LogP contribution is -2.55. The van der Waals surface area contributed by atoms with Crippen molar-refractivity contribution >= 4 is 5.91 Å². The van der Waals surface area contributed by atoms with E-state index in [0.29, 0.717) is 12.5 Å². The van der Waals surface area contributed by atoms with Gasteiger partial charge in [0.25, 0.3) is 0 Å². The molecule has 0 aliphatic carbocycles. The third-order valence-corrected chi connectivity index (χ3v) is 3.83. The molecule has 16 heavy (non-hydrogen) atoms. The van der Waals surface area contributed by atoms with Crippen molar-refractivity contribution in [3.8, 4) is 0 Å². The first-order valence-electron chi connectivity index (χ1n) is 6.63. The Hall–Kier alpha value is -0.570. The van der Waals surface area contributed by atoms with Gasteiger partial charge in [0.05, 0.1) is 5.54 Å². The van der Waals surface area contributed by atoms with Crippen LogP contribution in [-0.4, -0.2) is 28.9 Å². The number of carbonyl (C=O) groups excluding carboxylic acids is 1. The van der Waals surface area contributed by atoms with Gasteiger partial charge in [-0.25, -0.2) is 0 Å². The van der Waals surface area contributed by atoms with Crippen molar-refractivity contribution in [1.82, 2.24) is 4.90 Å². The van der Waals surface area contributed by atoms with Crippen molar-refractivity contribution in [2.45, 2.75) is 70.9 Å². The third kappa shape index (κ3) is 2.97. The summed E-state index contributed by atoms with van der Waals surface area (Å²) in [5.74, 6) is 0.142. The molecule has 1 aliphatic heterocycles. The molecule has 2 atom stereocenters. The lowest BCUT2D eigenvalue weighted by atomic mass is 9.96. The fourth-order valence-corrected chi connectivity index (χ4v) is 2.35. The Morgan fingerprint density at radius 2 is 2.06 bits per heavy atom. The molecule has 0 aromatic carbocycles. The Labute approximate surface area is 99.4 Å². The number of likely N-dealkylation sites (tertiary alicyclic amines) is 1. The summed E-state index contributed by atoms with van der Waals surface area (Å²) >= 11 is 0. The van der Waals surface area contributed by atoms with Crippen LogP contribution < -0.4 is 5.73 Å². The molecule has 0 bridgehead atoms. The first-order valence-corrected chi connectivity index (χ1v) is 6.63. The van der Waals surface area contributed by atoms with Gasteiger partial charge in [-0.2, -0.15) is 0 Å². The number of nitrogens with two attached hydrogens (primary N) is 1. The average Bonchev–Trinajstić information content (AvgIpc) is 2.52. The molecule has 3 heteroatoms. The minimum atomic E-state index is -0.683. The van der Waals surface area contributed by atoms with Crippen LogP contribution in [0.4, 0.5) is 0 Å². The fourth-order valence-electron chi connectivity index (χ4n) is 2.35. The van der Waals surface area contributed by atoms with E-state index in [4.69, 9.17) is 5.73 Å². The van der Waals surface area contributed by atoms with Crippen molar-refractivity contribution < 1.29 is 4.79 Å². The minimum Gasteiger partial charge on any atom is -0.338 e. The largest absolute Gasteiger partial charge is 0.338 e. The number of amides is 1. The normalized spacial score (nSPS) is 26.0. The molecule has 1 rings (SSSR count). The molecule has 2 N–H and O–H groups in total. The molecule has 0 aromatic rings. The Morgan fingerprint density at radius 3 is 2.62 bits per heavy atom. The molecule has 1 fully saturated rings. The van der Waals surface area contributed by atoms with Gasteiger partial charge in [0.1, 0.15) is 0 Å². The summed E-state index contributed by atoms with van der Waals surface area (Å²) in [6.45, 7) is 6.89. The Kier molecular flexibility index (Phi) is 4.78. The summed E-state index contributed by atoms with van der Waals surface area (Å²) in [4.78, 5) is 14.4. The molecule has 1 saturated heterocycles. The van der Waals surface area contributed by atoms with Crippen LogP contribution in [-0.2, 0) is 4.79 Å². The highest BCUT2D eigenvalue weighted by Gasteiger charge is 2.34. The van der Waals surface area contributed by atoms with Crippen LogP contribution in [0.3, 0.4) is 0 Å². The molecule has 0 saturated carbocycles. The Morgan fingerprint density at radius 1 is 1.38 bits per heavy atom. The summed E-state index contributed by atoms with van der Waals surface area (Å²) < 4.78 is 0. The standard InChI is InChI=1S/C13H26N2O/c1-4-11-9-7-6-8-10-15(11)12(16)13(3,14)5-2/h11H,4-10,14H2,1-3H3. The molecular weight excluding hydrogens is 200 g/mol. The van der Waals surface area contributed by atoms with Gasteiger partial charge in [-0.3, -0.25) is 4.79 Å². The van der Waals surface area contributed by atoms with Crippen molar-refractivity contribution in [3.63, 3.8) is 0 Å². The second-order valence-electron chi connectivity index (χ2n) is 5.18. The first kappa shape index (κ1) is 13.5. The van der Waals surface area contributed by atoms with E-state index in [1.807, 2.05) is 18.7 Å². The summed E-state index contributed by atoms with van der Waals surface area (Å²) in [7, 11) is 0. The van der Waals surface area contributed by atoms with Gasteiger partial charge < -0.3 is 10.6 Å². The van der Waals surface area contributed by atoms with Crippen LogP contribution in [0.5, 0.6) is 0 Å². The first-order chi connectivity index (χ1) is 7.53. The van der Waals surface area contributed by atoms with Crippen LogP contribution in [0.1, 0.15) is 59.3 Å². The van der Waals surface area contributed by atoms with Gasteiger partial charge in [-0.15, -0.1) is 0 Å². The molecule has 0 radical (unpaired) electrons. The average molecular weight is 226 g/mol. The highest BCUT2D eigenvalue weighted by molar-refractivity contribution is 5.85. The molecule has 1 aliphatic rings. The molecule has 0 spiro atoms. The maximum absolute atomic E-state index is 12.4. The number of hydrogen-bond donors (Lipinski definition) is 1. The maximum atomic E-state index is 12.4. The zero-order chi connectivity index (χ0) is 12.2. The Balaban J connectivity index is 2.77. The van der Waals surface area contributed by atoms with Gasteiger partial charge in [-0.05, 0) is 32.6 Å². The quantitative estimate of drug-likeness (QED) is 0.802. The van der Waals surface area contributed by atoms with Crippen molar-refractivity contribution in [2.24, 2.45) is 5.73 Å². The minimum absolute atomic E-state index is 0.142. The van der Waals surface area contributed by atoms with Gasteiger partial charge in [0.2, 0.25) is 5.91 Å². The van der Waals surface area contributed by atoms with Crippen LogP contribution in [0.15, 0.2) is 0 Å². The van der Waals surface area contributed by atoms with Crippen molar-refractivity contribution in [3.05, 3.63) is 0 Å². The van der Waals surface area contributed by atoms with Crippen LogP contribution >= 0.6 is 0 Å². The number of nitrogens with zero attached hydrogens (tertiary/aromatic N) is 1. The van der Waals surface area contributed by atoms with E-state index in [1.54, 1.807) is 0 Å². The monoisotopic (exact) mass is 226 g/mol.